The Labute approximate surface area is 300 Å². The number of nitrogens with zero attached hydrogens (tertiary/aromatic N) is 1. The smallest absolute Gasteiger partial charge is 0.338 e. The molecule has 0 saturated carbocycles. The molecule has 1 unspecified atom stereocenters. The second-order valence-electron chi connectivity index (χ2n) is 15.9. The predicted molar refractivity (Wildman–Crippen MR) is 199 cm³/mol. The summed E-state index contributed by atoms with van der Waals surface area (Å²) in [6.07, 6.45) is 18.6. The molecule has 0 radical (unpaired) electrons. The Morgan fingerprint density at radius 2 is 1.38 bits per heavy atom. The van der Waals surface area contributed by atoms with Crippen molar-refractivity contribution in [3.63, 3.8) is 0 Å². The van der Waals surface area contributed by atoms with Crippen LogP contribution in [-0.4, -0.2) is 64.2 Å². The third-order valence-corrected chi connectivity index (χ3v) is 10.0. The van der Waals surface area contributed by atoms with E-state index in [0.717, 1.165) is 12.8 Å². The van der Waals surface area contributed by atoms with Gasteiger partial charge in [0.25, 0.3) is 11.8 Å². The number of carbonyl (C=O) groups is 3. The Morgan fingerprint density at radius 1 is 0.800 bits per heavy atom. The van der Waals surface area contributed by atoms with Gasteiger partial charge in [0.1, 0.15) is 25.1 Å². The number of unbranched alkanes of at least 4 members (excludes halogenated alkanes) is 12. The lowest BCUT2D eigenvalue weighted by Crippen LogP contribution is -2.62. The number of nitrogens with one attached hydrogen (secondary N) is 1. The van der Waals surface area contributed by atoms with Crippen LogP contribution in [0.3, 0.4) is 0 Å². The standard InChI is InChI=1S/C42H62N2O6/c1-6-7-8-9-10-11-12-13-14-15-16-17-18-20-31-21-19-22-35(25-31)49-29-34(45)30-50-40(48)32-23-24-36-37(26-32)39(47)44(38(36)46)33-27-41(2,3)43-42(4,5)28-33/h19,21-26,33-34,43,45H,6-18,20,27-30H2,1-5H3. The summed E-state index contributed by atoms with van der Waals surface area (Å²) in [7, 11) is 0. The van der Waals surface area contributed by atoms with Crippen LogP contribution in [-0.2, 0) is 11.2 Å². The fraction of sp³-hybridized carbons (Fsp3) is 0.643. The first-order valence-electron chi connectivity index (χ1n) is 19.3. The van der Waals surface area contributed by atoms with Crippen molar-refractivity contribution in [1.29, 1.82) is 0 Å². The van der Waals surface area contributed by atoms with Gasteiger partial charge in [-0.1, -0.05) is 96.1 Å². The number of aliphatic hydroxyl groups excluding tert-OH is 1. The zero-order valence-electron chi connectivity index (χ0n) is 31.4. The molecule has 2 aromatic rings. The van der Waals surface area contributed by atoms with Gasteiger partial charge in [0.05, 0.1) is 16.7 Å². The zero-order valence-corrected chi connectivity index (χ0v) is 31.4. The average Bonchev–Trinajstić information content (AvgIpc) is 3.32. The lowest BCUT2D eigenvalue weighted by Gasteiger charge is -2.48. The number of imide groups is 1. The van der Waals surface area contributed by atoms with Gasteiger partial charge < -0.3 is 19.9 Å². The van der Waals surface area contributed by atoms with Gasteiger partial charge in [-0.05, 0) is 89.3 Å². The number of ether oxygens (including phenoxy) is 2. The van der Waals surface area contributed by atoms with Crippen LogP contribution >= 0.6 is 0 Å². The van der Waals surface area contributed by atoms with E-state index < -0.39 is 12.1 Å². The van der Waals surface area contributed by atoms with Crippen molar-refractivity contribution in [3.05, 3.63) is 64.7 Å². The summed E-state index contributed by atoms with van der Waals surface area (Å²) in [5.41, 5.74) is 1.39. The molecule has 2 aromatic carbocycles. The van der Waals surface area contributed by atoms with Crippen LogP contribution < -0.4 is 10.1 Å². The predicted octanol–water partition coefficient (Wildman–Crippen LogP) is 8.82. The van der Waals surface area contributed by atoms with Crippen LogP contribution in [0, 0.1) is 0 Å². The second-order valence-corrected chi connectivity index (χ2v) is 15.9. The molecule has 1 saturated heterocycles. The van der Waals surface area contributed by atoms with Crippen molar-refractivity contribution in [2.45, 2.75) is 161 Å². The average molecular weight is 691 g/mol. The summed E-state index contributed by atoms with van der Waals surface area (Å²) in [4.78, 5) is 41.0. The van der Waals surface area contributed by atoms with Crippen molar-refractivity contribution < 1.29 is 29.0 Å². The minimum absolute atomic E-state index is 0.0233. The molecule has 276 valence electrons. The van der Waals surface area contributed by atoms with Crippen LogP contribution in [0.2, 0.25) is 0 Å². The third-order valence-electron chi connectivity index (χ3n) is 10.0. The molecule has 2 heterocycles. The van der Waals surface area contributed by atoms with Gasteiger partial charge in [-0.2, -0.15) is 0 Å². The number of benzene rings is 2. The van der Waals surface area contributed by atoms with Gasteiger partial charge in [-0.15, -0.1) is 0 Å². The van der Waals surface area contributed by atoms with E-state index in [1.54, 1.807) is 0 Å². The van der Waals surface area contributed by atoms with E-state index in [9.17, 15) is 19.5 Å². The van der Waals surface area contributed by atoms with Gasteiger partial charge in [0.2, 0.25) is 0 Å². The minimum Gasteiger partial charge on any atom is -0.491 e. The van der Waals surface area contributed by atoms with E-state index in [0.29, 0.717) is 24.2 Å². The number of aryl methyl sites for hydroxylation is 1. The number of piperidine rings is 1. The Balaban J connectivity index is 1.14. The first-order valence-corrected chi connectivity index (χ1v) is 19.3. The quantitative estimate of drug-likeness (QED) is 0.0766. The lowest BCUT2D eigenvalue weighted by molar-refractivity contribution is 0.0130. The number of aliphatic hydroxyl groups is 1. The zero-order chi connectivity index (χ0) is 36.1. The maximum Gasteiger partial charge on any atom is 0.338 e. The number of hydrogen-bond acceptors (Lipinski definition) is 7. The van der Waals surface area contributed by atoms with E-state index in [2.05, 4.69) is 46.0 Å². The Morgan fingerprint density at radius 3 is 2.00 bits per heavy atom. The van der Waals surface area contributed by atoms with E-state index in [-0.39, 0.29) is 53.3 Å². The molecule has 0 bridgehead atoms. The van der Waals surface area contributed by atoms with Crippen molar-refractivity contribution in [2.75, 3.05) is 13.2 Å². The Bertz CT molecular complexity index is 1400. The summed E-state index contributed by atoms with van der Waals surface area (Å²) >= 11 is 0. The number of carbonyl (C=O) groups excluding carboxylic acids is 3. The maximum atomic E-state index is 13.5. The monoisotopic (exact) mass is 690 g/mol. The molecule has 2 N–H and O–H groups in total. The van der Waals surface area contributed by atoms with Gasteiger partial charge in [-0.25, -0.2) is 4.79 Å². The van der Waals surface area contributed by atoms with Crippen LogP contribution in [0.4, 0.5) is 0 Å². The lowest BCUT2D eigenvalue weighted by atomic mass is 9.79. The van der Waals surface area contributed by atoms with Gasteiger partial charge >= 0.3 is 5.97 Å². The topological polar surface area (TPSA) is 105 Å². The normalized spacial score (nSPS) is 17.5. The number of hydrogen-bond donors (Lipinski definition) is 2. The maximum absolute atomic E-state index is 13.5. The van der Waals surface area contributed by atoms with Crippen molar-refractivity contribution in [2.24, 2.45) is 0 Å². The molecule has 1 fully saturated rings. The van der Waals surface area contributed by atoms with Crippen LogP contribution in [0.25, 0.3) is 0 Å². The fourth-order valence-corrected chi connectivity index (χ4v) is 7.80. The highest BCUT2D eigenvalue weighted by molar-refractivity contribution is 6.22. The summed E-state index contributed by atoms with van der Waals surface area (Å²) in [5.74, 6) is -0.712. The Kier molecular flexibility index (Phi) is 14.9. The van der Waals surface area contributed by atoms with E-state index in [1.807, 2.05) is 18.2 Å². The van der Waals surface area contributed by atoms with Gasteiger partial charge in [0.15, 0.2) is 0 Å². The molecule has 0 aromatic heterocycles. The van der Waals surface area contributed by atoms with E-state index >= 15 is 0 Å². The number of rotatable bonds is 21. The van der Waals surface area contributed by atoms with Crippen molar-refractivity contribution in [1.82, 2.24) is 10.2 Å². The number of fused-ring (bicyclic) bond motifs is 1. The molecule has 8 nitrogen and oxygen atoms in total. The van der Waals surface area contributed by atoms with E-state index in [1.165, 1.54) is 106 Å². The largest absolute Gasteiger partial charge is 0.491 e. The van der Waals surface area contributed by atoms with E-state index in [4.69, 9.17) is 9.47 Å². The molecule has 4 rings (SSSR count). The minimum atomic E-state index is -1.02. The van der Waals surface area contributed by atoms with Crippen LogP contribution in [0.1, 0.15) is 168 Å². The molecule has 1 atom stereocenters. The molecule has 2 aliphatic heterocycles. The first kappa shape index (κ1) is 39.6. The SMILES string of the molecule is CCCCCCCCCCCCCCCc1cccc(OCC(O)COC(=O)c2ccc3c(c2)C(=O)N(C2CC(C)(C)NC(C)(C)C2)C3=O)c1. The molecule has 8 heteroatoms. The first-order chi connectivity index (χ1) is 23.9. The highest BCUT2D eigenvalue weighted by atomic mass is 16.5. The van der Waals surface area contributed by atoms with Crippen molar-refractivity contribution >= 4 is 17.8 Å². The third kappa shape index (κ3) is 11.9. The number of amides is 2. The van der Waals surface area contributed by atoms with Gasteiger partial charge in [-0.3, -0.25) is 14.5 Å². The second kappa shape index (κ2) is 18.8. The summed E-state index contributed by atoms with van der Waals surface area (Å²) < 4.78 is 11.2. The molecule has 50 heavy (non-hydrogen) atoms. The molecule has 2 amide bonds. The van der Waals surface area contributed by atoms with Gasteiger partial charge in [0, 0.05) is 17.1 Å². The molecular weight excluding hydrogens is 628 g/mol. The highest BCUT2D eigenvalue weighted by Gasteiger charge is 2.47. The molecule has 2 aliphatic rings. The summed E-state index contributed by atoms with van der Waals surface area (Å²) in [5, 5.41) is 14.1. The number of esters is 1. The highest BCUT2D eigenvalue weighted by Crippen LogP contribution is 2.36. The fourth-order valence-electron chi connectivity index (χ4n) is 7.80. The molecule has 0 aliphatic carbocycles. The molecule has 0 spiro atoms. The van der Waals surface area contributed by atoms with Crippen LogP contribution in [0.5, 0.6) is 5.75 Å². The van der Waals surface area contributed by atoms with Crippen LogP contribution in [0.15, 0.2) is 42.5 Å². The summed E-state index contributed by atoms with van der Waals surface area (Å²) in [6.45, 7) is 10.3. The summed E-state index contributed by atoms with van der Waals surface area (Å²) in [6, 6.07) is 12.1. The Hall–Kier alpha value is -3.23. The molecular formula is C42H62N2O6. The van der Waals surface area contributed by atoms with Crippen molar-refractivity contribution in [3.8, 4) is 5.75 Å².